The summed E-state index contributed by atoms with van der Waals surface area (Å²) in [6.45, 7) is 7.08. The Labute approximate surface area is 151 Å². The van der Waals surface area contributed by atoms with E-state index in [-0.39, 0.29) is 12.5 Å². The Bertz CT molecular complexity index is 683. The lowest BCUT2D eigenvalue weighted by atomic mass is 10.2. The van der Waals surface area contributed by atoms with E-state index in [0.717, 1.165) is 10.7 Å². The maximum atomic E-state index is 12.4. The molecule has 2 rings (SSSR count). The highest BCUT2D eigenvalue weighted by atomic mass is 32.2. The molecule has 6 nitrogen and oxygen atoms in total. The van der Waals surface area contributed by atoms with Crippen molar-refractivity contribution >= 4 is 34.9 Å². The summed E-state index contributed by atoms with van der Waals surface area (Å²) in [5, 5.41) is 0.746. The van der Waals surface area contributed by atoms with E-state index < -0.39 is 5.97 Å². The predicted molar refractivity (Wildman–Crippen MR) is 99.5 cm³/mol. The van der Waals surface area contributed by atoms with Gasteiger partial charge >= 0.3 is 5.97 Å². The lowest BCUT2D eigenvalue weighted by Crippen LogP contribution is -2.28. The number of amides is 1. The highest BCUT2D eigenvalue weighted by Gasteiger charge is 2.31. The molecule has 134 valence electrons. The number of thioether (sulfide) groups is 1. The molecule has 0 unspecified atom stereocenters. The third-order valence-electron chi connectivity index (χ3n) is 3.34. The molecule has 1 aliphatic rings. The van der Waals surface area contributed by atoms with Gasteiger partial charge in [0.15, 0.2) is 11.8 Å². The van der Waals surface area contributed by atoms with Crippen LogP contribution >= 0.6 is 11.8 Å². The third-order valence-corrected chi connectivity index (χ3v) is 4.38. The number of esters is 1. The van der Waals surface area contributed by atoms with Crippen LogP contribution in [0.3, 0.4) is 0 Å². The van der Waals surface area contributed by atoms with Crippen molar-refractivity contribution in [3.8, 4) is 5.75 Å². The number of nitrogens with zero attached hydrogens (tertiary/aromatic N) is 2. The summed E-state index contributed by atoms with van der Waals surface area (Å²) in [5.41, 5.74) is 0.883. The first-order valence-electron chi connectivity index (χ1n) is 8.23. The Morgan fingerprint density at radius 1 is 1.24 bits per heavy atom. The molecule has 1 aliphatic heterocycles. The highest BCUT2D eigenvalue weighted by molar-refractivity contribution is 8.18. The van der Waals surface area contributed by atoms with E-state index in [2.05, 4.69) is 4.99 Å². The van der Waals surface area contributed by atoms with Gasteiger partial charge in [-0.2, -0.15) is 0 Å². The van der Waals surface area contributed by atoms with Crippen LogP contribution < -0.4 is 4.74 Å². The van der Waals surface area contributed by atoms with E-state index in [0.29, 0.717) is 30.4 Å². The van der Waals surface area contributed by atoms with Gasteiger partial charge < -0.3 is 9.47 Å². The van der Waals surface area contributed by atoms with Crippen molar-refractivity contribution in [1.29, 1.82) is 0 Å². The molecule has 1 heterocycles. The minimum absolute atomic E-state index is 0.0256. The minimum Gasteiger partial charge on any atom is -0.482 e. The molecule has 0 N–H and O–H groups in total. The van der Waals surface area contributed by atoms with Gasteiger partial charge in [0.1, 0.15) is 5.75 Å². The SMILES string of the molecule is CCN=C1S/C(=C/c2ccc(OCC(=O)OCC)cc2)C(=O)N1CC. The molecule has 0 aromatic heterocycles. The fourth-order valence-corrected chi connectivity index (χ4v) is 3.30. The van der Waals surface area contributed by atoms with Crippen molar-refractivity contribution in [2.45, 2.75) is 20.8 Å². The zero-order chi connectivity index (χ0) is 18.2. The molecule has 25 heavy (non-hydrogen) atoms. The summed E-state index contributed by atoms with van der Waals surface area (Å²) >= 11 is 1.39. The van der Waals surface area contributed by atoms with Crippen LogP contribution in [0, 0.1) is 0 Å². The van der Waals surface area contributed by atoms with Gasteiger partial charge in [0.2, 0.25) is 0 Å². The predicted octanol–water partition coefficient (Wildman–Crippen LogP) is 2.94. The van der Waals surface area contributed by atoms with Crippen LogP contribution in [0.25, 0.3) is 6.08 Å². The summed E-state index contributed by atoms with van der Waals surface area (Å²) in [5.74, 6) is 0.149. The van der Waals surface area contributed by atoms with Crippen molar-refractivity contribution in [3.63, 3.8) is 0 Å². The first kappa shape index (κ1) is 19.1. The second kappa shape index (κ2) is 9.27. The zero-order valence-corrected chi connectivity index (χ0v) is 15.5. The molecule has 0 radical (unpaired) electrons. The normalized spacial score (nSPS) is 17.4. The van der Waals surface area contributed by atoms with E-state index in [1.165, 1.54) is 11.8 Å². The van der Waals surface area contributed by atoms with Gasteiger partial charge in [-0.25, -0.2) is 4.79 Å². The number of hydrogen-bond acceptors (Lipinski definition) is 6. The molecule has 1 fully saturated rings. The monoisotopic (exact) mass is 362 g/mol. The molecular formula is C18H22N2O4S. The molecule has 1 amide bonds. The van der Waals surface area contributed by atoms with Crippen LogP contribution in [0.2, 0.25) is 0 Å². The van der Waals surface area contributed by atoms with Crippen LogP contribution in [-0.2, 0) is 14.3 Å². The molecule has 1 aromatic rings. The smallest absolute Gasteiger partial charge is 0.344 e. The van der Waals surface area contributed by atoms with E-state index in [4.69, 9.17) is 9.47 Å². The number of carbonyl (C=O) groups excluding carboxylic acids is 2. The number of ether oxygens (including phenoxy) is 2. The summed E-state index contributed by atoms with van der Waals surface area (Å²) in [4.78, 5) is 30.4. The van der Waals surface area contributed by atoms with E-state index >= 15 is 0 Å². The molecule has 0 spiro atoms. The van der Waals surface area contributed by atoms with E-state index in [9.17, 15) is 9.59 Å². The van der Waals surface area contributed by atoms with Crippen molar-refractivity contribution in [1.82, 2.24) is 4.90 Å². The number of benzene rings is 1. The first-order valence-corrected chi connectivity index (χ1v) is 9.05. The average molecular weight is 362 g/mol. The van der Waals surface area contributed by atoms with Crippen LogP contribution in [0.4, 0.5) is 0 Å². The van der Waals surface area contributed by atoms with Gasteiger partial charge in [0, 0.05) is 13.1 Å². The second-order valence-electron chi connectivity index (χ2n) is 5.08. The highest BCUT2D eigenvalue weighted by Crippen LogP contribution is 2.32. The van der Waals surface area contributed by atoms with Gasteiger partial charge in [-0.15, -0.1) is 0 Å². The maximum absolute atomic E-state index is 12.4. The number of aliphatic imine (C=N–C) groups is 1. The lowest BCUT2D eigenvalue weighted by molar-refractivity contribution is -0.145. The van der Waals surface area contributed by atoms with Crippen LogP contribution in [0.1, 0.15) is 26.3 Å². The van der Waals surface area contributed by atoms with Crippen LogP contribution in [0.15, 0.2) is 34.2 Å². The molecule has 0 atom stereocenters. The topological polar surface area (TPSA) is 68.2 Å². The fourth-order valence-electron chi connectivity index (χ4n) is 2.20. The minimum atomic E-state index is -0.399. The van der Waals surface area contributed by atoms with Crippen LogP contribution in [0.5, 0.6) is 5.75 Å². The molecule has 7 heteroatoms. The number of rotatable bonds is 7. The summed E-state index contributed by atoms with van der Waals surface area (Å²) < 4.78 is 10.2. The lowest BCUT2D eigenvalue weighted by Gasteiger charge is -2.11. The van der Waals surface area contributed by atoms with Gasteiger partial charge in [-0.1, -0.05) is 12.1 Å². The fraction of sp³-hybridized carbons (Fsp3) is 0.389. The Morgan fingerprint density at radius 2 is 1.96 bits per heavy atom. The number of carbonyl (C=O) groups is 2. The maximum Gasteiger partial charge on any atom is 0.344 e. The summed E-state index contributed by atoms with van der Waals surface area (Å²) in [7, 11) is 0. The standard InChI is InChI=1S/C18H22N2O4S/c1-4-19-18-20(5-2)17(22)15(25-18)11-13-7-9-14(10-8-13)24-12-16(21)23-6-3/h7-11H,4-6,12H2,1-3H3/b15-11+,19-18?. The molecule has 1 saturated heterocycles. The third kappa shape index (κ3) is 5.09. The first-order chi connectivity index (χ1) is 12.1. The number of hydrogen-bond donors (Lipinski definition) is 0. The van der Waals surface area contributed by atoms with E-state index in [1.807, 2.05) is 32.1 Å². The van der Waals surface area contributed by atoms with Crippen molar-refractivity contribution < 1.29 is 19.1 Å². The average Bonchev–Trinajstić information content (AvgIpc) is 2.89. The Hall–Kier alpha value is -2.28. The summed E-state index contributed by atoms with van der Waals surface area (Å²) in [6.07, 6.45) is 1.84. The molecule has 0 aliphatic carbocycles. The Balaban J connectivity index is 2.05. The van der Waals surface area contributed by atoms with Gasteiger partial charge in [0.05, 0.1) is 11.5 Å². The van der Waals surface area contributed by atoms with Gasteiger partial charge in [0.25, 0.3) is 5.91 Å². The molecular weight excluding hydrogens is 340 g/mol. The second-order valence-corrected chi connectivity index (χ2v) is 6.09. The van der Waals surface area contributed by atoms with Crippen molar-refractivity contribution in [2.24, 2.45) is 4.99 Å². The van der Waals surface area contributed by atoms with Crippen LogP contribution in [-0.4, -0.2) is 48.2 Å². The molecule has 1 aromatic carbocycles. The Kier molecular flexibility index (Phi) is 7.06. The largest absolute Gasteiger partial charge is 0.482 e. The van der Waals surface area contributed by atoms with Gasteiger partial charge in [-0.3, -0.25) is 14.7 Å². The summed E-state index contributed by atoms with van der Waals surface area (Å²) in [6, 6.07) is 7.20. The van der Waals surface area contributed by atoms with Gasteiger partial charge in [-0.05, 0) is 56.3 Å². The van der Waals surface area contributed by atoms with Crippen molar-refractivity contribution in [3.05, 3.63) is 34.7 Å². The zero-order valence-electron chi connectivity index (χ0n) is 14.7. The van der Waals surface area contributed by atoms with E-state index in [1.54, 1.807) is 24.0 Å². The number of likely N-dealkylation sites (N-methyl/N-ethyl adjacent to an activating group) is 1. The Morgan fingerprint density at radius 3 is 2.56 bits per heavy atom. The molecule has 0 bridgehead atoms. The van der Waals surface area contributed by atoms with Crippen molar-refractivity contribution in [2.75, 3.05) is 26.3 Å². The number of amidine groups is 1. The quantitative estimate of drug-likeness (QED) is 0.551. The molecule has 0 saturated carbocycles.